The first kappa shape index (κ1) is 49.3. The van der Waals surface area contributed by atoms with E-state index in [0.29, 0.717) is 33.5 Å². The summed E-state index contributed by atoms with van der Waals surface area (Å²) in [5, 5.41) is 36.1. The van der Waals surface area contributed by atoms with Crippen molar-refractivity contribution in [2.24, 2.45) is 5.92 Å². The Balaban J connectivity index is 1.16. The number of benzene rings is 7. The Morgan fingerprint density at radius 1 is 0.763 bits per heavy atom. The fourth-order valence-electron chi connectivity index (χ4n) is 11.3. The van der Waals surface area contributed by atoms with Gasteiger partial charge in [-0.25, -0.2) is 14.4 Å². The summed E-state index contributed by atoms with van der Waals surface area (Å²) in [6, 6.07) is 51.8. The minimum atomic E-state index is -2.12. The predicted molar refractivity (Wildman–Crippen MR) is 283 cm³/mol. The maximum Gasteiger partial charge on any atom is 0.329 e. The molecule has 4 amide bonds. The van der Waals surface area contributed by atoms with Crippen LogP contribution in [0.1, 0.15) is 76.2 Å². The van der Waals surface area contributed by atoms with E-state index in [1.165, 1.54) is 0 Å². The lowest BCUT2D eigenvalue weighted by atomic mass is 9.65. The molecule has 1 aromatic heterocycles. The van der Waals surface area contributed by atoms with Gasteiger partial charge in [0.25, 0.3) is 0 Å². The first-order valence-electron chi connectivity index (χ1n) is 25.2. The molecule has 1 spiro atoms. The highest BCUT2D eigenvalue weighted by atomic mass is 16.6. The maximum absolute atomic E-state index is 16.8. The number of imide groups is 1. The summed E-state index contributed by atoms with van der Waals surface area (Å²) >= 11 is 0. The van der Waals surface area contributed by atoms with Crippen LogP contribution in [0.3, 0.4) is 0 Å². The van der Waals surface area contributed by atoms with Crippen molar-refractivity contribution in [3.8, 4) is 17.6 Å². The molecule has 15 nitrogen and oxygen atoms in total. The molecule has 0 saturated carbocycles. The molecule has 15 heteroatoms. The van der Waals surface area contributed by atoms with Gasteiger partial charge in [0.2, 0.25) is 11.8 Å². The summed E-state index contributed by atoms with van der Waals surface area (Å²) in [4.78, 5) is 66.7. The van der Waals surface area contributed by atoms with Gasteiger partial charge in [-0.3, -0.25) is 19.3 Å². The summed E-state index contributed by atoms with van der Waals surface area (Å²) < 4.78 is 14.4. The van der Waals surface area contributed by atoms with Gasteiger partial charge in [0.05, 0.1) is 48.0 Å². The van der Waals surface area contributed by atoms with Gasteiger partial charge in [0.1, 0.15) is 42.0 Å². The Morgan fingerprint density at radius 2 is 1.42 bits per heavy atom. The van der Waals surface area contributed by atoms with Crippen molar-refractivity contribution in [2.75, 3.05) is 24.7 Å². The number of cyclic esters (lactones) is 1. The van der Waals surface area contributed by atoms with Gasteiger partial charge in [-0.15, -0.1) is 5.10 Å². The number of nitrogens with one attached hydrogen (secondary N) is 2. The van der Waals surface area contributed by atoms with Crippen molar-refractivity contribution < 1.29 is 38.9 Å². The topological polar surface area (TPSA) is 188 Å². The normalized spacial score (nSPS) is 21.5. The summed E-state index contributed by atoms with van der Waals surface area (Å²) in [7, 11) is 0. The van der Waals surface area contributed by atoms with E-state index in [2.05, 4.69) is 32.8 Å². The average Bonchev–Trinajstić information content (AvgIpc) is 3.46. The Bertz CT molecular complexity index is 3500. The Morgan fingerprint density at radius 3 is 2.14 bits per heavy atom. The van der Waals surface area contributed by atoms with Gasteiger partial charge in [-0.1, -0.05) is 163 Å². The van der Waals surface area contributed by atoms with E-state index in [0.717, 1.165) is 21.5 Å². The smallest absolute Gasteiger partial charge is 0.329 e. The van der Waals surface area contributed by atoms with Crippen molar-refractivity contribution in [1.29, 1.82) is 0 Å². The molecule has 4 heterocycles. The number of carbonyl (C=O) groups is 4. The highest BCUT2D eigenvalue weighted by molar-refractivity contribution is 6.24. The van der Waals surface area contributed by atoms with Crippen LogP contribution in [0.15, 0.2) is 188 Å². The Hall–Kier alpha value is -8.94. The predicted octanol–water partition coefficient (Wildman–Crippen LogP) is 7.84. The van der Waals surface area contributed by atoms with Crippen molar-refractivity contribution in [2.45, 2.75) is 55.3 Å². The largest absolute Gasteiger partial charge is 0.491 e. The second-order valence-corrected chi connectivity index (χ2v) is 19.1. The summed E-state index contributed by atoms with van der Waals surface area (Å²) in [5.41, 5.74) is 3.44. The molecule has 3 aliphatic rings. The molecule has 2 fully saturated rings. The molecular weight excluding hydrogens is 959 g/mol. The summed E-state index contributed by atoms with van der Waals surface area (Å²) in [5.74, 6) is 2.93. The number of fused-ring (bicyclic) bond motifs is 4. The molecule has 0 aliphatic carbocycles. The molecule has 11 rings (SSSR count). The number of anilines is 1. The second-order valence-electron chi connectivity index (χ2n) is 19.1. The minimum Gasteiger partial charge on any atom is -0.491 e. The number of hydrogen-bond donors (Lipinski definition) is 4. The third-order valence-electron chi connectivity index (χ3n) is 14.7. The van der Waals surface area contributed by atoms with Crippen LogP contribution in [-0.4, -0.2) is 79.7 Å². The number of esters is 1. The molecule has 0 radical (unpaired) electrons. The maximum atomic E-state index is 16.8. The van der Waals surface area contributed by atoms with E-state index >= 15 is 19.2 Å². The van der Waals surface area contributed by atoms with Crippen molar-refractivity contribution in [3.63, 3.8) is 0 Å². The molecule has 8 atom stereocenters. The van der Waals surface area contributed by atoms with E-state index in [4.69, 9.17) is 9.47 Å². The highest BCUT2D eigenvalue weighted by Gasteiger charge is 2.75. The average molecular weight is 1010 g/mol. The van der Waals surface area contributed by atoms with Crippen LogP contribution in [0.5, 0.6) is 5.75 Å². The van der Waals surface area contributed by atoms with Gasteiger partial charge >= 0.3 is 12.0 Å². The van der Waals surface area contributed by atoms with Crippen LogP contribution in [0.4, 0.5) is 10.5 Å². The number of para-hydroxylation sites is 1. The number of hydrogen-bond acceptors (Lipinski definition) is 11. The second kappa shape index (κ2) is 21.1. The number of ether oxygens (including phenoxy) is 2. The number of nitrogens with zero attached hydrogens (tertiary/aromatic N) is 5. The highest BCUT2D eigenvalue weighted by Crippen LogP contribution is 2.66. The van der Waals surface area contributed by atoms with Crippen LogP contribution in [0.25, 0.3) is 11.0 Å². The zero-order chi connectivity index (χ0) is 52.3. The number of aliphatic hydroxyl groups is 2. The van der Waals surface area contributed by atoms with Crippen LogP contribution in [0, 0.1) is 17.8 Å². The van der Waals surface area contributed by atoms with Gasteiger partial charge in [-0.05, 0) is 82.8 Å². The standard InChI is InChI=1S/C61H53N7O8/c1-39(41-19-6-2-7-20-41)63-60(74)67-49-32-31-40(18-17-33-66-50-30-15-14-29-48(50)64-65-66)36-47(49)61(59(67)73)52(57(71)62-38-51(70)42-21-8-3-9-22-42)54-58(72)76-55(44-25-12-5-13-26-44)53(43-23-10-4-11-24-43)68(54)56(61)45-27-16-28-46(37-45)75-35-34-69/h2-16,19-32,36-37,39,51-56,69-70H,33-35,38H2,1H3,(H,62,71)(H,63,74)/t39-,51+,52+,53+,54+,55-,56-,61+/m1/s1. The van der Waals surface area contributed by atoms with E-state index in [-0.39, 0.29) is 37.6 Å². The number of amides is 4. The minimum absolute atomic E-state index is 0.0445. The quantitative estimate of drug-likeness (QED) is 0.0651. The molecule has 3 aliphatic heterocycles. The lowest BCUT2D eigenvalue weighted by molar-refractivity contribution is -0.178. The lowest BCUT2D eigenvalue weighted by Crippen LogP contribution is -2.56. The molecule has 4 N–H and O–H groups in total. The molecule has 0 unspecified atom stereocenters. The Kier molecular flexibility index (Phi) is 13.7. The molecule has 0 bridgehead atoms. The van der Waals surface area contributed by atoms with E-state index in [1.807, 2.05) is 139 Å². The molecule has 380 valence electrons. The molecular formula is C61H53N7O8. The number of aromatic nitrogens is 3. The third-order valence-corrected chi connectivity index (χ3v) is 14.7. The van der Waals surface area contributed by atoms with Gasteiger partial charge < -0.3 is 30.3 Å². The monoisotopic (exact) mass is 1010 g/mol. The fourth-order valence-corrected chi connectivity index (χ4v) is 11.3. The number of urea groups is 1. The van der Waals surface area contributed by atoms with E-state index < -0.39 is 71.5 Å². The summed E-state index contributed by atoms with van der Waals surface area (Å²) in [6.45, 7) is 1.36. The van der Waals surface area contributed by atoms with Crippen LogP contribution >= 0.6 is 0 Å². The van der Waals surface area contributed by atoms with E-state index in [9.17, 15) is 10.2 Å². The number of carbonyl (C=O) groups excluding carboxylic acids is 4. The third kappa shape index (κ3) is 8.91. The van der Waals surface area contributed by atoms with Crippen LogP contribution in [-0.2, 0) is 31.1 Å². The molecule has 76 heavy (non-hydrogen) atoms. The first-order valence-corrected chi connectivity index (χ1v) is 25.2. The molecule has 8 aromatic rings. The molecule has 2 saturated heterocycles. The lowest BCUT2D eigenvalue weighted by Gasteiger charge is -2.46. The number of aliphatic hydroxyl groups excluding tert-OH is 2. The molecule has 7 aromatic carbocycles. The SMILES string of the molecule is C[C@@H](NC(=O)N1C(=O)[C@@]2(c3cc(C#CCn4nnc5ccccc54)ccc31)[C@H](C(=O)NC[C@H](O)c1ccccc1)[C@H]1C(=O)O[C@H](c3ccccc3)[C@H](c3ccccc3)N1[C@@H]2c1cccc(OCCO)c1)c1ccccc1. The van der Waals surface area contributed by atoms with Crippen molar-refractivity contribution in [3.05, 3.63) is 227 Å². The number of morpholine rings is 1. The van der Waals surface area contributed by atoms with Crippen LogP contribution < -0.4 is 20.3 Å². The fraction of sp³-hybridized carbons (Fsp3) is 0.213. The van der Waals surface area contributed by atoms with Gasteiger partial charge in [0, 0.05) is 12.1 Å². The summed E-state index contributed by atoms with van der Waals surface area (Å²) in [6.07, 6.45) is -2.14. The van der Waals surface area contributed by atoms with Crippen molar-refractivity contribution in [1.82, 2.24) is 30.5 Å². The van der Waals surface area contributed by atoms with Gasteiger partial charge in [0.15, 0.2) is 0 Å². The zero-order valence-electron chi connectivity index (χ0n) is 41.3. The van der Waals surface area contributed by atoms with Gasteiger partial charge in [-0.2, -0.15) is 0 Å². The first-order chi connectivity index (χ1) is 37.2. The zero-order valence-corrected chi connectivity index (χ0v) is 41.3. The van der Waals surface area contributed by atoms with Crippen molar-refractivity contribution >= 4 is 40.5 Å². The number of rotatable bonds is 13. The van der Waals surface area contributed by atoms with Crippen LogP contribution in [0.2, 0.25) is 0 Å². The van der Waals surface area contributed by atoms with E-state index in [1.54, 1.807) is 65.3 Å². The Labute approximate surface area is 438 Å².